The van der Waals surface area contributed by atoms with E-state index in [-0.39, 0.29) is 5.56 Å². The maximum atomic E-state index is 12.4. The number of nitrogens with zero attached hydrogens (tertiary/aromatic N) is 4. The molecule has 0 spiro atoms. The van der Waals surface area contributed by atoms with E-state index in [9.17, 15) is 4.79 Å². The SMILES string of the molecule is Cc1ccc(-n2ccnc2SCc2cc(=O)n3c(C)cccc3n2)cc1C. The standard InChI is InChI=1S/C21H20N4OS/c1-14-7-8-18(11-15(14)2)24-10-9-22-21(24)27-13-17-12-20(26)25-16(3)5-4-6-19(25)23-17/h4-12H,13H2,1-3H3. The minimum absolute atomic E-state index is 0.0498. The van der Waals surface area contributed by atoms with E-state index in [0.717, 1.165) is 22.2 Å². The minimum atomic E-state index is -0.0498. The summed E-state index contributed by atoms with van der Waals surface area (Å²) in [5, 5.41) is 0.879. The lowest BCUT2D eigenvalue weighted by molar-refractivity contribution is 0.891. The van der Waals surface area contributed by atoms with Crippen LogP contribution < -0.4 is 5.56 Å². The highest BCUT2D eigenvalue weighted by molar-refractivity contribution is 7.98. The summed E-state index contributed by atoms with van der Waals surface area (Å²) in [6, 6.07) is 13.7. The molecule has 0 bridgehead atoms. The van der Waals surface area contributed by atoms with Gasteiger partial charge in [-0.3, -0.25) is 13.8 Å². The largest absolute Gasteiger partial charge is 0.295 e. The van der Waals surface area contributed by atoms with E-state index in [0.29, 0.717) is 11.4 Å². The summed E-state index contributed by atoms with van der Waals surface area (Å²) in [7, 11) is 0. The first-order valence-corrected chi connectivity index (χ1v) is 9.73. The summed E-state index contributed by atoms with van der Waals surface area (Å²) >= 11 is 1.57. The monoisotopic (exact) mass is 376 g/mol. The fourth-order valence-electron chi connectivity index (χ4n) is 3.04. The second-order valence-electron chi connectivity index (χ2n) is 6.58. The number of pyridine rings is 1. The normalized spacial score (nSPS) is 11.2. The molecule has 0 aliphatic rings. The van der Waals surface area contributed by atoms with Crippen LogP contribution in [0.1, 0.15) is 22.5 Å². The molecule has 0 aliphatic heterocycles. The smallest absolute Gasteiger partial charge is 0.258 e. The quantitative estimate of drug-likeness (QED) is 0.503. The van der Waals surface area contributed by atoms with Crippen LogP contribution in [0.5, 0.6) is 0 Å². The number of aromatic nitrogens is 4. The molecule has 5 nitrogen and oxygen atoms in total. The van der Waals surface area contributed by atoms with Crippen molar-refractivity contribution >= 4 is 17.4 Å². The van der Waals surface area contributed by atoms with Gasteiger partial charge in [0.05, 0.1) is 5.69 Å². The molecule has 3 heterocycles. The minimum Gasteiger partial charge on any atom is -0.295 e. The average molecular weight is 376 g/mol. The molecule has 3 aromatic heterocycles. The van der Waals surface area contributed by atoms with Gasteiger partial charge in [-0.05, 0) is 56.2 Å². The van der Waals surface area contributed by atoms with Crippen molar-refractivity contribution in [2.24, 2.45) is 0 Å². The van der Waals surface area contributed by atoms with Gasteiger partial charge in [0.1, 0.15) is 5.65 Å². The highest BCUT2D eigenvalue weighted by atomic mass is 32.2. The van der Waals surface area contributed by atoms with Crippen LogP contribution in [-0.2, 0) is 5.75 Å². The predicted molar refractivity (Wildman–Crippen MR) is 109 cm³/mol. The third kappa shape index (κ3) is 3.40. The first-order chi connectivity index (χ1) is 13.0. The zero-order valence-corrected chi connectivity index (χ0v) is 16.3. The van der Waals surface area contributed by atoms with Gasteiger partial charge in [-0.15, -0.1) is 0 Å². The zero-order valence-electron chi connectivity index (χ0n) is 15.5. The Morgan fingerprint density at radius 3 is 2.70 bits per heavy atom. The van der Waals surface area contributed by atoms with Crippen molar-refractivity contribution in [3.05, 3.63) is 87.7 Å². The molecule has 0 saturated carbocycles. The molecule has 0 fully saturated rings. The highest BCUT2D eigenvalue weighted by Gasteiger charge is 2.09. The molecule has 136 valence electrons. The second-order valence-corrected chi connectivity index (χ2v) is 7.53. The van der Waals surface area contributed by atoms with Crippen LogP contribution in [-0.4, -0.2) is 18.9 Å². The number of thioether (sulfide) groups is 1. The Hall–Kier alpha value is -2.86. The van der Waals surface area contributed by atoms with Crippen LogP contribution in [0.15, 0.2) is 64.8 Å². The fourth-order valence-corrected chi connectivity index (χ4v) is 3.91. The van der Waals surface area contributed by atoms with Crippen molar-refractivity contribution in [2.45, 2.75) is 31.7 Å². The third-order valence-electron chi connectivity index (χ3n) is 4.66. The summed E-state index contributed by atoms with van der Waals surface area (Å²) in [5.74, 6) is 0.585. The van der Waals surface area contributed by atoms with Gasteiger partial charge in [-0.25, -0.2) is 9.97 Å². The van der Waals surface area contributed by atoms with Crippen LogP contribution in [0.25, 0.3) is 11.3 Å². The summed E-state index contributed by atoms with van der Waals surface area (Å²) in [5.41, 5.74) is 5.86. The van der Waals surface area contributed by atoms with E-state index in [2.05, 4.69) is 46.6 Å². The van der Waals surface area contributed by atoms with Gasteiger partial charge >= 0.3 is 0 Å². The molecule has 0 saturated heterocycles. The molecule has 0 atom stereocenters. The zero-order chi connectivity index (χ0) is 19.0. The van der Waals surface area contributed by atoms with Crippen molar-refractivity contribution in [1.82, 2.24) is 18.9 Å². The molecule has 0 unspecified atom stereocenters. The number of hydrogen-bond acceptors (Lipinski definition) is 4. The molecular weight excluding hydrogens is 356 g/mol. The lowest BCUT2D eigenvalue weighted by Gasteiger charge is -2.10. The van der Waals surface area contributed by atoms with Crippen molar-refractivity contribution in [3.63, 3.8) is 0 Å². The maximum Gasteiger partial charge on any atom is 0.258 e. The lowest BCUT2D eigenvalue weighted by atomic mass is 10.1. The molecule has 6 heteroatoms. The lowest BCUT2D eigenvalue weighted by Crippen LogP contribution is -2.17. The summed E-state index contributed by atoms with van der Waals surface area (Å²) in [6.45, 7) is 6.12. The van der Waals surface area contributed by atoms with Gasteiger partial charge in [-0.2, -0.15) is 0 Å². The number of aryl methyl sites for hydroxylation is 3. The molecular formula is C21H20N4OS. The molecule has 0 N–H and O–H groups in total. The van der Waals surface area contributed by atoms with E-state index >= 15 is 0 Å². The Morgan fingerprint density at radius 1 is 1.04 bits per heavy atom. The van der Waals surface area contributed by atoms with E-state index in [1.54, 1.807) is 28.4 Å². The van der Waals surface area contributed by atoms with Gasteiger partial charge in [-0.1, -0.05) is 23.9 Å². The van der Waals surface area contributed by atoms with E-state index in [1.807, 2.05) is 31.3 Å². The van der Waals surface area contributed by atoms with Gasteiger partial charge in [0.25, 0.3) is 5.56 Å². The first-order valence-electron chi connectivity index (χ1n) is 8.75. The molecule has 1 aromatic carbocycles. The molecule has 4 rings (SSSR count). The van der Waals surface area contributed by atoms with Crippen molar-refractivity contribution in [1.29, 1.82) is 0 Å². The van der Waals surface area contributed by atoms with Crippen LogP contribution in [0.2, 0.25) is 0 Å². The van der Waals surface area contributed by atoms with Gasteiger partial charge < -0.3 is 0 Å². The van der Waals surface area contributed by atoms with Crippen LogP contribution in [0.3, 0.4) is 0 Å². The Kier molecular flexibility index (Phi) is 4.58. The van der Waals surface area contributed by atoms with E-state index in [4.69, 9.17) is 0 Å². The molecule has 0 radical (unpaired) electrons. The first kappa shape index (κ1) is 17.5. The Morgan fingerprint density at radius 2 is 1.89 bits per heavy atom. The highest BCUT2D eigenvalue weighted by Crippen LogP contribution is 2.24. The average Bonchev–Trinajstić information content (AvgIpc) is 3.11. The van der Waals surface area contributed by atoms with E-state index in [1.165, 1.54) is 11.1 Å². The van der Waals surface area contributed by atoms with Crippen molar-refractivity contribution in [2.75, 3.05) is 0 Å². The summed E-state index contributed by atoms with van der Waals surface area (Å²) in [4.78, 5) is 21.5. The van der Waals surface area contributed by atoms with E-state index < -0.39 is 0 Å². The predicted octanol–water partition coefficient (Wildman–Crippen LogP) is 4.10. The maximum absolute atomic E-state index is 12.4. The van der Waals surface area contributed by atoms with Crippen LogP contribution in [0, 0.1) is 20.8 Å². The van der Waals surface area contributed by atoms with Crippen LogP contribution >= 0.6 is 11.8 Å². The molecule has 27 heavy (non-hydrogen) atoms. The Balaban J connectivity index is 1.62. The van der Waals surface area contributed by atoms with Crippen molar-refractivity contribution in [3.8, 4) is 5.69 Å². The Bertz CT molecular complexity index is 1190. The summed E-state index contributed by atoms with van der Waals surface area (Å²) < 4.78 is 3.69. The number of rotatable bonds is 4. The van der Waals surface area contributed by atoms with Crippen LogP contribution in [0.4, 0.5) is 0 Å². The summed E-state index contributed by atoms with van der Waals surface area (Å²) in [6.07, 6.45) is 3.75. The van der Waals surface area contributed by atoms with Crippen molar-refractivity contribution < 1.29 is 0 Å². The van der Waals surface area contributed by atoms with Gasteiger partial charge in [0, 0.05) is 35.6 Å². The Labute approximate surface area is 161 Å². The third-order valence-corrected chi connectivity index (χ3v) is 5.66. The molecule has 4 aromatic rings. The van der Waals surface area contributed by atoms with Gasteiger partial charge in [0.2, 0.25) is 0 Å². The number of fused-ring (bicyclic) bond motifs is 1. The second kappa shape index (κ2) is 7.04. The topological polar surface area (TPSA) is 52.2 Å². The number of benzene rings is 1. The number of hydrogen-bond donors (Lipinski definition) is 0. The molecule has 0 aliphatic carbocycles. The number of imidazole rings is 1. The fraction of sp³-hybridized carbons (Fsp3) is 0.190. The molecule has 0 amide bonds. The van der Waals surface area contributed by atoms with Gasteiger partial charge in [0.15, 0.2) is 5.16 Å².